The molecule has 152 valence electrons. The average Bonchev–Trinajstić information content (AvgIpc) is 2.98. The lowest BCUT2D eigenvalue weighted by atomic mass is 10.1. The summed E-state index contributed by atoms with van der Waals surface area (Å²) in [4.78, 5) is 21.7. The molecule has 1 fully saturated rings. The number of carbonyl (C=O) groups excluding carboxylic acids is 1. The van der Waals surface area contributed by atoms with Crippen molar-refractivity contribution in [1.29, 1.82) is 0 Å². The van der Waals surface area contributed by atoms with E-state index in [1.54, 1.807) is 17.3 Å². The highest BCUT2D eigenvalue weighted by molar-refractivity contribution is 14.1. The van der Waals surface area contributed by atoms with Crippen molar-refractivity contribution in [2.45, 2.75) is 51.7 Å². The normalized spacial score (nSPS) is 15.9. The van der Waals surface area contributed by atoms with E-state index in [-0.39, 0.29) is 17.8 Å². The van der Waals surface area contributed by atoms with Crippen molar-refractivity contribution >= 4 is 28.7 Å². The molecule has 0 aliphatic carbocycles. The van der Waals surface area contributed by atoms with Crippen LogP contribution in [0.25, 0.3) is 11.3 Å². The Morgan fingerprint density at radius 1 is 1.25 bits per heavy atom. The largest absolute Gasteiger partial charge is 0.444 e. The summed E-state index contributed by atoms with van der Waals surface area (Å²) in [5.41, 5.74) is 0.377. The Balaban J connectivity index is 1.80. The number of ether oxygens (including phenoxy) is 1. The van der Waals surface area contributed by atoms with Crippen LogP contribution in [0.5, 0.6) is 0 Å². The average molecular weight is 505 g/mol. The molecule has 1 aliphatic rings. The van der Waals surface area contributed by atoms with E-state index in [2.05, 4.69) is 15.1 Å². The van der Waals surface area contributed by atoms with Crippen LogP contribution in [-0.4, -0.2) is 49.4 Å². The lowest BCUT2D eigenvalue weighted by molar-refractivity contribution is 0.0179. The highest BCUT2D eigenvalue weighted by Gasteiger charge is 2.32. The Kier molecular flexibility index (Phi) is 6.15. The molecule has 3 heterocycles. The zero-order valence-electron chi connectivity index (χ0n) is 15.9. The molecule has 2 aromatic rings. The summed E-state index contributed by atoms with van der Waals surface area (Å²) in [6.07, 6.45) is 2.53. The minimum atomic E-state index is -2.65. The topological polar surface area (TPSA) is 73.1 Å². The second kappa shape index (κ2) is 8.26. The lowest BCUT2D eigenvalue weighted by Gasteiger charge is -2.34. The molecular weight excluding hydrogens is 483 g/mol. The Labute approximate surface area is 175 Å². The van der Waals surface area contributed by atoms with Gasteiger partial charge in [-0.05, 0) is 56.2 Å². The number of amides is 1. The molecule has 0 saturated carbocycles. The monoisotopic (exact) mass is 505 g/mol. The maximum Gasteiger partial charge on any atom is 0.410 e. The van der Waals surface area contributed by atoms with Crippen LogP contribution in [0.1, 0.15) is 51.8 Å². The highest BCUT2D eigenvalue weighted by atomic mass is 127. The van der Waals surface area contributed by atoms with Crippen LogP contribution in [0.2, 0.25) is 0 Å². The van der Waals surface area contributed by atoms with Gasteiger partial charge in [-0.3, -0.25) is 4.68 Å². The van der Waals surface area contributed by atoms with E-state index >= 15 is 0 Å². The van der Waals surface area contributed by atoms with Gasteiger partial charge in [-0.25, -0.2) is 23.5 Å². The van der Waals surface area contributed by atoms with Gasteiger partial charge < -0.3 is 9.64 Å². The lowest BCUT2D eigenvalue weighted by Crippen LogP contribution is -2.42. The summed E-state index contributed by atoms with van der Waals surface area (Å²) in [7, 11) is 0. The summed E-state index contributed by atoms with van der Waals surface area (Å²) in [6.45, 7) is 6.30. The molecule has 1 amide bonds. The number of carbonyl (C=O) groups is 1. The molecule has 0 aromatic carbocycles. The molecule has 1 saturated heterocycles. The van der Waals surface area contributed by atoms with E-state index in [0.717, 1.165) is 0 Å². The maximum atomic E-state index is 13.8. The fourth-order valence-corrected chi connectivity index (χ4v) is 4.03. The van der Waals surface area contributed by atoms with Crippen molar-refractivity contribution in [3.8, 4) is 11.3 Å². The molecule has 7 nitrogen and oxygen atoms in total. The predicted molar refractivity (Wildman–Crippen MR) is 107 cm³/mol. The number of hydrogen-bond donors (Lipinski definition) is 0. The first kappa shape index (κ1) is 20.9. The Morgan fingerprint density at radius 2 is 1.86 bits per heavy atom. The molecule has 28 heavy (non-hydrogen) atoms. The minimum Gasteiger partial charge on any atom is -0.444 e. The maximum absolute atomic E-state index is 13.8. The van der Waals surface area contributed by atoms with E-state index in [4.69, 9.17) is 4.74 Å². The van der Waals surface area contributed by atoms with Gasteiger partial charge in [0, 0.05) is 31.0 Å². The van der Waals surface area contributed by atoms with Gasteiger partial charge in [0.15, 0.2) is 0 Å². The molecule has 0 radical (unpaired) electrons. The first-order chi connectivity index (χ1) is 13.2. The second-order valence-corrected chi connectivity index (χ2v) is 8.70. The van der Waals surface area contributed by atoms with Crippen LogP contribution < -0.4 is 0 Å². The minimum absolute atomic E-state index is 0.102. The number of alkyl halides is 2. The van der Waals surface area contributed by atoms with Crippen LogP contribution >= 0.6 is 22.6 Å². The number of hydrogen-bond acceptors (Lipinski definition) is 5. The van der Waals surface area contributed by atoms with E-state index < -0.39 is 12.0 Å². The zero-order chi connectivity index (χ0) is 20.5. The number of rotatable bonds is 3. The van der Waals surface area contributed by atoms with E-state index in [9.17, 15) is 13.6 Å². The molecular formula is C18H22F2IN5O2. The SMILES string of the molecule is CC(C)(C)OC(=O)N1CCC(n2nc(-c3cncnc3)c(I)c2C(F)F)CC1. The van der Waals surface area contributed by atoms with Gasteiger partial charge >= 0.3 is 6.09 Å². The number of piperidine rings is 1. The quantitative estimate of drug-likeness (QED) is 0.577. The number of halogens is 3. The van der Waals surface area contributed by atoms with Gasteiger partial charge in [-0.15, -0.1) is 0 Å². The predicted octanol–water partition coefficient (Wildman–Crippen LogP) is 4.45. The molecule has 0 atom stereocenters. The number of likely N-dealkylation sites (tertiary alicyclic amines) is 1. The Morgan fingerprint density at radius 3 is 2.39 bits per heavy atom. The van der Waals surface area contributed by atoms with Crippen LogP contribution in [0.3, 0.4) is 0 Å². The summed E-state index contributed by atoms with van der Waals surface area (Å²) < 4.78 is 34.8. The van der Waals surface area contributed by atoms with Gasteiger partial charge in [0.05, 0.1) is 9.61 Å². The Bertz CT molecular complexity index is 830. The summed E-state index contributed by atoms with van der Waals surface area (Å²) in [5.74, 6) is 0. The Hall–Kier alpha value is -1.85. The van der Waals surface area contributed by atoms with Crippen molar-refractivity contribution in [2.75, 3.05) is 13.1 Å². The van der Waals surface area contributed by atoms with Crippen LogP contribution in [-0.2, 0) is 4.74 Å². The summed E-state index contributed by atoms with van der Waals surface area (Å²) in [6, 6.07) is -0.213. The van der Waals surface area contributed by atoms with E-state index in [1.165, 1.54) is 11.0 Å². The summed E-state index contributed by atoms with van der Waals surface area (Å²) >= 11 is 1.90. The molecule has 1 aliphatic heterocycles. The van der Waals surface area contributed by atoms with Crippen molar-refractivity contribution in [1.82, 2.24) is 24.6 Å². The molecule has 0 spiro atoms. The third-order valence-corrected chi connectivity index (χ3v) is 5.45. The fraction of sp³-hybridized carbons (Fsp3) is 0.556. The van der Waals surface area contributed by atoms with E-state index in [1.807, 2.05) is 43.4 Å². The van der Waals surface area contributed by atoms with Gasteiger partial charge in [-0.2, -0.15) is 5.10 Å². The van der Waals surface area contributed by atoms with Crippen LogP contribution in [0.15, 0.2) is 18.7 Å². The molecule has 3 rings (SSSR count). The first-order valence-corrected chi connectivity index (χ1v) is 10.0. The third kappa shape index (κ3) is 4.58. The third-order valence-electron chi connectivity index (χ3n) is 4.39. The second-order valence-electron chi connectivity index (χ2n) is 7.62. The van der Waals surface area contributed by atoms with Gasteiger partial charge in [0.25, 0.3) is 6.43 Å². The smallest absolute Gasteiger partial charge is 0.410 e. The standard InChI is InChI=1S/C18H22F2IN5O2/c1-18(2,3)28-17(27)25-6-4-12(5-7-25)26-15(16(19)20)13(21)14(24-26)11-8-22-10-23-9-11/h8-10,12,16H,4-7H2,1-3H3. The number of aromatic nitrogens is 4. The molecule has 10 heteroatoms. The highest BCUT2D eigenvalue weighted by Crippen LogP contribution is 2.36. The van der Waals surface area contributed by atoms with Crippen molar-refractivity contribution in [3.05, 3.63) is 28.0 Å². The van der Waals surface area contributed by atoms with Gasteiger partial charge in [0.1, 0.15) is 23.3 Å². The first-order valence-electron chi connectivity index (χ1n) is 8.96. The summed E-state index contributed by atoms with van der Waals surface area (Å²) in [5, 5.41) is 4.47. The van der Waals surface area contributed by atoms with Crippen molar-refractivity contribution in [2.24, 2.45) is 0 Å². The zero-order valence-corrected chi connectivity index (χ0v) is 18.1. The van der Waals surface area contributed by atoms with Crippen molar-refractivity contribution in [3.63, 3.8) is 0 Å². The van der Waals surface area contributed by atoms with Crippen LogP contribution in [0, 0.1) is 3.57 Å². The fourth-order valence-electron chi connectivity index (χ4n) is 3.13. The molecule has 0 N–H and O–H groups in total. The van der Waals surface area contributed by atoms with Gasteiger partial charge in [0.2, 0.25) is 0 Å². The van der Waals surface area contributed by atoms with E-state index in [0.29, 0.717) is 40.8 Å². The molecule has 0 bridgehead atoms. The van der Waals surface area contributed by atoms with Crippen molar-refractivity contribution < 1.29 is 18.3 Å². The molecule has 0 unspecified atom stereocenters. The van der Waals surface area contributed by atoms with Gasteiger partial charge in [-0.1, -0.05) is 0 Å². The number of nitrogens with zero attached hydrogens (tertiary/aromatic N) is 5. The van der Waals surface area contributed by atoms with Crippen LogP contribution in [0.4, 0.5) is 13.6 Å². The molecule has 2 aromatic heterocycles.